The molecule has 12 heavy (non-hydrogen) atoms. The summed E-state index contributed by atoms with van der Waals surface area (Å²) in [6.45, 7) is 6.15. The molecule has 0 atom stereocenters. The largest absolute Gasteiger partial charge is 0.309 e. The maximum absolute atomic E-state index is 5.43. The van der Waals surface area contributed by atoms with Gasteiger partial charge in [0.15, 0.2) is 0 Å². The first kappa shape index (κ1) is 14.4. The molecule has 0 fully saturated rings. The summed E-state index contributed by atoms with van der Waals surface area (Å²) in [5.41, 5.74) is 0. The van der Waals surface area contributed by atoms with Crippen LogP contribution in [0.1, 0.15) is 26.7 Å². The van der Waals surface area contributed by atoms with Crippen LogP contribution in [-0.2, 0) is 0 Å². The molecule has 0 aliphatic rings. The van der Waals surface area contributed by atoms with E-state index in [-0.39, 0.29) is 0 Å². The molecule has 0 radical (unpaired) electrons. The van der Waals surface area contributed by atoms with E-state index in [0.717, 1.165) is 13.1 Å². The third kappa shape index (κ3) is 16.5. The molecule has 2 N–H and O–H groups in total. The van der Waals surface area contributed by atoms with Gasteiger partial charge in [0.25, 0.3) is 0 Å². The molecule has 3 heteroatoms. The first-order valence-electron chi connectivity index (χ1n) is 4.73. The Labute approximate surface area is 77.5 Å². The first-order valence-corrected chi connectivity index (χ1v) is 4.73. The molecular weight excluding hydrogens is 150 g/mol. The molecule has 0 amide bonds. The van der Waals surface area contributed by atoms with E-state index in [1.165, 1.54) is 12.8 Å². The van der Waals surface area contributed by atoms with Crippen LogP contribution in [0.3, 0.4) is 0 Å². The van der Waals surface area contributed by atoms with Crippen molar-refractivity contribution >= 4 is 0 Å². The van der Waals surface area contributed by atoms with Crippen LogP contribution >= 0.6 is 0 Å². The number of hydrazine groups is 1. The topological polar surface area (TPSA) is 32.5 Å². The average molecular weight is 175 g/mol. The van der Waals surface area contributed by atoms with Gasteiger partial charge in [0.2, 0.25) is 0 Å². The highest BCUT2D eigenvalue weighted by molar-refractivity contribution is 4.47. The van der Waals surface area contributed by atoms with E-state index in [0.29, 0.717) is 0 Å². The molecule has 0 rings (SSSR count). The van der Waals surface area contributed by atoms with Crippen LogP contribution in [0.5, 0.6) is 0 Å². The van der Waals surface area contributed by atoms with Crippen LogP contribution in [-0.4, -0.2) is 44.1 Å². The summed E-state index contributed by atoms with van der Waals surface area (Å²) in [5.74, 6) is 5.43. The summed E-state index contributed by atoms with van der Waals surface area (Å²) in [4.78, 5) is 2.19. The van der Waals surface area contributed by atoms with Gasteiger partial charge < -0.3 is 4.90 Å². The van der Waals surface area contributed by atoms with Crippen molar-refractivity contribution in [1.82, 2.24) is 9.91 Å². The number of hydrogen-bond donors (Lipinski definition) is 1. The predicted octanol–water partition coefficient (Wildman–Crippen LogP) is 1.16. The molecule has 0 spiro atoms. The van der Waals surface area contributed by atoms with Crippen molar-refractivity contribution in [2.75, 3.05) is 34.2 Å². The van der Waals surface area contributed by atoms with Gasteiger partial charge in [-0.05, 0) is 33.5 Å². The van der Waals surface area contributed by atoms with E-state index in [4.69, 9.17) is 5.84 Å². The maximum Gasteiger partial charge on any atom is 0.0125 e. The van der Waals surface area contributed by atoms with Gasteiger partial charge in [-0.25, -0.2) is 0 Å². The normalized spacial score (nSPS) is 10.0. The summed E-state index contributed by atoms with van der Waals surface area (Å²) in [5, 5.41) is 1.73. The second-order valence-electron chi connectivity index (χ2n) is 2.99. The van der Waals surface area contributed by atoms with Gasteiger partial charge in [-0.3, -0.25) is 10.9 Å². The van der Waals surface area contributed by atoms with Crippen LogP contribution < -0.4 is 5.84 Å². The lowest BCUT2D eigenvalue weighted by Gasteiger charge is -2.11. The van der Waals surface area contributed by atoms with E-state index >= 15 is 0 Å². The summed E-state index contributed by atoms with van der Waals surface area (Å²) in [6.07, 6.45) is 2.42. The van der Waals surface area contributed by atoms with Crippen molar-refractivity contribution in [2.24, 2.45) is 5.84 Å². The number of hydrogen-bond acceptors (Lipinski definition) is 3. The molecule has 76 valence electrons. The predicted molar refractivity (Wildman–Crippen MR) is 56.0 cm³/mol. The molecule has 0 aliphatic carbocycles. The fourth-order valence-electron chi connectivity index (χ4n) is 0.789. The second-order valence-corrected chi connectivity index (χ2v) is 2.99. The molecule has 0 aromatic heterocycles. The van der Waals surface area contributed by atoms with E-state index in [1.54, 1.807) is 5.01 Å². The minimum atomic E-state index is 0.994. The quantitative estimate of drug-likeness (QED) is 0.387. The van der Waals surface area contributed by atoms with Gasteiger partial charge in [0.1, 0.15) is 0 Å². The van der Waals surface area contributed by atoms with Gasteiger partial charge in [-0.2, -0.15) is 0 Å². The molecule has 0 aromatic rings. The Hall–Kier alpha value is -0.120. The summed E-state index contributed by atoms with van der Waals surface area (Å²) in [7, 11) is 6.08. The fraction of sp³-hybridized carbons (Fsp3) is 1.00. The SMILES string of the molecule is CC.CN(C)CCCCN(C)N. The Bertz CT molecular complexity index is 62.2. The van der Waals surface area contributed by atoms with Crippen LogP contribution in [0.15, 0.2) is 0 Å². The minimum Gasteiger partial charge on any atom is -0.309 e. The van der Waals surface area contributed by atoms with E-state index in [1.807, 2.05) is 20.9 Å². The molecular formula is C9H25N3. The van der Waals surface area contributed by atoms with Crippen molar-refractivity contribution in [3.63, 3.8) is 0 Å². The van der Waals surface area contributed by atoms with Crippen molar-refractivity contribution in [3.05, 3.63) is 0 Å². The van der Waals surface area contributed by atoms with E-state index in [9.17, 15) is 0 Å². The van der Waals surface area contributed by atoms with Crippen molar-refractivity contribution < 1.29 is 0 Å². The molecule has 3 nitrogen and oxygen atoms in total. The van der Waals surface area contributed by atoms with Gasteiger partial charge in [0.05, 0.1) is 0 Å². The van der Waals surface area contributed by atoms with Crippen LogP contribution in [0.2, 0.25) is 0 Å². The number of unbranched alkanes of at least 4 members (excludes halogenated alkanes) is 1. The highest BCUT2D eigenvalue weighted by atomic mass is 15.4. The molecule has 0 unspecified atom stereocenters. The highest BCUT2D eigenvalue weighted by Crippen LogP contribution is 1.90. The van der Waals surface area contributed by atoms with Crippen LogP contribution in [0, 0.1) is 0 Å². The first-order chi connectivity index (χ1) is 5.63. The Morgan fingerprint density at radius 1 is 0.917 bits per heavy atom. The highest BCUT2D eigenvalue weighted by Gasteiger charge is 1.92. The Morgan fingerprint density at radius 2 is 1.33 bits per heavy atom. The van der Waals surface area contributed by atoms with Crippen molar-refractivity contribution in [1.29, 1.82) is 0 Å². The molecule has 0 saturated carbocycles. The number of nitrogens with two attached hydrogens (primary N) is 1. The summed E-state index contributed by atoms with van der Waals surface area (Å²) < 4.78 is 0. The van der Waals surface area contributed by atoms with Crippen molar-refractivity contribution in [3.8, 4) is 0 Å². The molecule has 0 saturated heterocycles. The number of nitrogens with zero attached hydrogens (tertiary/aromatic N) is 2. The van der Waals surface area contributed by atoms with Crippen LogP contribution in [0.4, 0.5) is 0 Å². The molecule has 0 heterocycles. The molecule has 0 aromatic carbocycles. The molecule has 0 bridgehead atoms. The third-order valence-electron chi connectivity index (χ3n) is 1.37. The van der Waals surface area contributed by atoms with E-state index in [2.05, 4.69) is 19.0 Å². The van der Waals surface area contributed by atoms with Gasteiger partial charge in [-0.1, -0.05) is 13.8 Å². The Morgan fingerprint density at radius 3 is 1.67 bits per heavy atom. The standard InChI is InChI=1S/C7H19N3.C2H6/c1-9(2)6-4-5-7-10(3)8;1-2/h4-8H2,1-3H3;1-2H3. The zero-order valence-corrected chi connectivity index (χ0v) is 9.30. The zero-order chi connectivity index (χ0) is 9.98. The zero-order valence-electron chi connectivity index (χ0n) is 9.30. The van der Waals surface area contributed by atoms with E-state index < -0.39 is 0 Å². The number of rotatable bonds is 5. The molecule has 0 aliphatic heterocycles. The summed E-state index contributed by atoms with van der Waals surface area (Å²) in [6, 6.07) is 0. The van der Waals surface area contributed by atoms with Crippen molar-refractivity contribution in [2.45, 2.75) is 26.7 Å². The average Bonchev–Trinajstić information content (AvgIpc) is 2.02. The lowest BCUT2D eigenvalue weighted by Crippen LogP contribution is -2.27. The fourth-order valence-corrected chi connectivity index (χ4v) is 0.789. The maximum atomic E-state index is 5.43. The smallest absolute Gasteiger partial charge is 0.0125 e. The lowest BCUT2D eigenvalue weighted by atomic mass is 10.3. The monoisotopic (exact) mass is 175 g/mol. The summed E-state index contributed by atoms with van der Waals surface area (Å²) >= 11 is 0. The van der Waals surface area contributed by atoms with Gasteiger partial charge >= 0.3 is 0 Å². The lowest BCUT2D eigenvalue weighted by molar-refractivity contribution is 0.321. The van der Waals surface area contributed by atoms with Crippen LogP contribution in [0.25, 0.3) is 0 Å². The third-order valence-corrected chi connectivity index (χ3v) is 1.37. The minimum absolute atomic E-state index is 0.994. The Kier molecular flexibility index (Phi) is 13.1. The Balaban J connectivity index is 0. The van der Waals surface area contributed by atoms with Gasteiger partial charge in [-0.15, -0.1) is 0 Å². The van der Waals surface area contributed by atoms with Gasteiger partial charge in [0, 0.05) is 13.6 Å². The second kappa shape index (κ2) is 10.9.